The highest BCUT2D eigenvalue weighted by molar-refractivity contribution is 7.89. The van der Waals surface area contributed by atoms with Gasteiger partial charge in [0, 0.05) is 25.2 Å². The number of hydrogen-bond acceptors (Lipinski definition) is 5. The highest BCUT2D eigenvalue weighted by atomic mass is 32.2. The zero-order valence-corrected chi connectivity index (χ0v) is 9.70. The number of rotatable bonds is 3. The fraction of sp³-hybridized carbons (Fsp3) is 0.333. The van der Waals surface area contributed by atoms with Crippen molar-refractivity contribution < 1.29 is 13.2 Å². The summed E-state index contributed by atoms with van der Waals surface area (Å²) in [6.45, 7) is 0.283. The van der Waals surface area contributed by atoms with Gasteiger partial charge in [-0.25, -0.2) is 18.1 Å². The van der Waals surface area contributed by atoms with Gasteiger partial charge < -0.3 is 11.1 Å². The van der Waals surface area contributed by atoms with Crippen LogP contribution in [0.1, 0.15) is 6.42 Å². The molecule has 0 saturated carbocycles. The Hall–Kier alpha value is -1.67. The smallest absolute Gasteiger partial charge is 0.260 e. The molecule has 1 aromatic heterocycles. The third-order valence-corrected chi connectivity index (χ3v) is 3.85. The van der Waals surface area contributed by atoms with Gasteiger partial charge in [0.1, 0.15) is 0 Å². The predicted molar refractivity (Wildman–Crippen MR) is 60.4 cm³/mol. The molecule has 1 aliphatic rings. The molecule has 0 aromatic carbocycles. The first-order valence-corrected chi connectivity index (χ1v) is 6.47. The third-order valence-electron chi connectivity index (χ3n) is 2.35. The summed E-state index contributed by atoms with van der Waals surface area (Å²) in [5.41, 5.74) is 5.62. The summed E-state index contributed by atoms with van der Waals surface area (Å²) in [5, 5.41) is 2.33. The second-order valence-corrected chi connectivity index (χ2v) is 5.35. The first-order chi connectivity index (χ1) is 7.99. The minimum atomic E-state index is -3.78. The van der Waals surface area contributed by atoms with E-state index in [0.717, 1.165) is 0 Å². The van der Waals surface area contributed by atoms with Gasteiger partial charge in [-0.1, -0.05) is 0 Å². The standard InChI is InChI=1S/C9H12N4O3S/c10-7-2-1-3-11-9(7)17(15,16)13-6-4-8(14)12-5-6/h1-3,6,13H,4-5,10H2,(H,12,14). The van der Waals surface area contributed by atoms with E-state index >= 15 is 0 Å². The van der Waals surface area contributed by atoms with E-state index in [1.807, 2.05) is 0 Å². The van der Waals surface area contributed by atoms with Crippen LogP contribution in [0.15, 0.2) is 23.4 Å². The Labute approximate surface area is 98.5 Å². The van der Waals surface area contributed by atoms with Crippen LogP contribution >= 0.6 is 0 Å². The lowest BCUT2D eigenvalue weighted by atomic mass is 10.3. The first kappa shape index (κ1) is 11.8. The number of carbonyl (C=O) groups is 1. The molecule has 8 heteroatoms. The maximum absolute atomic E-state index is 11.9. The number of nitrogens with zero attached hydrogens (tertiary/aromatic N) is 1. The Bertz CT molecular complexity index is 543. The Morgan fingerprint density at radius 1 is 1.53 bits per heavy atom. The van der Waals surface area contributed by atoms with E-state index < -0.39 is 16.1 Å². The summed E-state index contributed by atoms with van der Waals surface area (Å²) < 4.78 is 26.2. The van der Waals surface area contributed by atoms with Crippen LogP contribution in [0.2, 0.25) is 0 Å². The number of anilines is 1. The van der Waals surface area contributed by atoms with Gasteiger partial charge in [-0.3, -0.25) is 4.79 Å². The lowest BCUT2D eigenvalue weighted by Crippen LogP contribution is -2.36. The van der Waals surface area contributed by atoms with Gasteiger partial charge >= 0.3 is 0 Å². The third kappa shape index (κ3) is 2.53. The highest BCUT2D eigenvalue weighted by Gasteiger charge is 2.28. The molecular formula is C9H12N4O3S. The van der Waals surface area contributed by atoms with Crippen molar-refractivity contribution in [2.45, 2.75) is 17.5 Å². The molecule has 7 nitrogen and oxygen atoms in total. The van der Waals surface area contributed by atoms with Crippen molar-refractivity contribution in [2.24, 2.45) is 0 Å². The zero-order valence-electron chi connectivity index (χ0n) is 8.88. The second-order valence-electron chi connectivity index (χ2n) is 3.72. The van der Waals surface area contributed by atoms with Gasteiger partial charge in [0.15, 0.2) is 5.03 Å². The molecular weight excluding hydrogens is 244 g/mol. The molecule has 2 heterocycles. The van der Waals surface area contributed by atoms with Crippen LogP contribution in [0.25, 0.3) is 0 Å². The van der Waals surface area contributed by atoms with Crippen LogP contribution in [0.3, 0.4) is 0 Å². The molecule has 0 aliphatic carbocycles. The fourth-order valence-corrected chi connectivity index (χ4v) is 2.89. The second kappa shape index (κ2) is 4.30. The average molecular weight is 256 g/mol. The minimum Gasteiger partial charge on any atom is -0.396 e. The van der Waals surface area contributed by atoms with Crippen molar-refractivity contribution in [2.75, 3.05) is 12.3 Å². The van der Waals surface area contributed by atoms with E-state index in [4.69, 9.17) is 5.73 Å². The van der Waals surface area contributed by atoms with Crippen molar-refractivity contribution in [3.8, 4) is 0 Å². The molecule has 0 spiro atoms. The molecule has 17 heavy (non-hydrogen) atoms. The highest BCUT2D eigenvalue weighted by Crippen LogP contribution is 2.15. The first-order valence-electron chi connectivity index (χ1n) is 4.98. The summed E-state index contributed by atoms with van der Waals surface area (Å²) in [6.07, 6.45) is 1.48. The SMILES string of the molecule is Nc1cccnc1S(=O)(=O)NC1CNC(=O)C1. The Morgan fingerprint density at radius 3 is 2.88 bits per heavy atom. The van der Waals surface area contributed by atoms with Crippen molar-refractivity contribution in [3.05, 3.63) is 18.3 Å². The maximum atomic E-state index is 11.9. The summed E-state index contributed by atoms with van der Waals surface area (Å²) in [5.74, 6) is -0.174. The zero-order chi connectivity index (χ0) is 12.5. The molecule has 92 valence electrons. The minimum absolute atomic E-state index is 0.0808. The number of nitrogen functional groups attached to an aromatic ring is 1. The molecule has 1 aliphatic heterocycles. The number of pyridine rings is 1. The van der Waals surface area contributed by atoms with Crippen LogP contribution in [0.4, 0.5) is 5.69 Å². The number of hydrogen-bond donors (Lipinski definition) is 3. The van der Waals surface area contributed by atoms with E-state index in [9.17, 15) is 13.2 Å². The number of amides is 1. The quantitative estimate of drug-likeness (QED) is 0.630. The lowest BCUT2D eigenvalue weighted by molar-refractivity contribution is -0.119. The summed E-state index contributed by atoms with van der Waals surface area (Å²) in [4.78, 5) is 14.7. The molecule has 0 radical (unpaired) electrons. The topological polar surface area (TPSA) is 114 Å². The van der Waals surface area contributed by atoms with Gasteiger partial charge in [0.2, 0.25) is 5.91 Å². The van der Waals surface area contributed by atoms with E-state index in [2.05, 4.69) is 15.0 Å². The number of aromatic nitrogens is 1. The Morgan fingerprint density at radius 2 is 2.29 bits per heavy atom. The summed E-state index contributed by atoms with van der Waals surface area (Å²) in [6, 6.07) is 2.56. The van der Waals surface area contributed by atoms with Crippen molar-refractivity contribution >= 4 is 21.6 Å². The predicted octanol–water partition coefficient (Wildman–Crippen LogP) is -1.17. The van der Waals surface area contributed by atoms with Crippen molar-refractivity contribution in [3.63, 3.8) is 0 Å². The molecule has 1 aromatic rings. The van der Waals surface area contributed by atoms with Gasteiger partial charge in [-0.15, -0.1) is 0 Å². The number of nitrogens with two attached hydrogens (primary N) is 1. The number of carbonyl (C=O) groups excluding carboxylic acids is 1. The van der Waals surface area contributed by atoms with Gasteiger partial charge in [-0.05, 0) is 12.1 Å². The van der Waals surface area contributed by atoms with E-state index in [1.165, 1.54) is 12.3 Å². The van der Waals surface area contributed by atoms with Crippen LogP contribution < -0.4 is 15.8 Å². The molecule has 1 saturated heterocycles. The lowest BCUT2D eigenvalue weighted by Gasteiger charge is -2.11. The Kier molecular flexibility index (Phi) is 2.99. The number of nitrogens with one attached hydrogen (secondary N) is 2. The molecule has 4 N–H and O–H groups in total. The van der Waals surface area contributed by atoms with Crippen molar-refractivity contribution in [1.82, 2.24) is 15.0 Å². The summed E-state index contributed by atoms with van der Waals surface area (Å²) >= 11 is 0. The van der Waals surface area contributed by atoms with E-state index in [0.29, 0.717) is 0 Å². The largest absolute Gasteiger partial charge is 0.396 e. The van der Waals surface area contributed by atoms with Gasteiger partial charge in [0.05, 0.1) is 5.69 Å². The van der Waals surface area contributed by atoms with Gasteiger partial charge in [0.25, 0.3) is 10.0 Å². The number of sulfonamides is 1. The molecule has 1 fully saturated rings. The molecule has 2 rings (SSSR count). The molecule has 1 unspecified atom stereocenters. The molecule has 1 amide bonds. The van der Waals surface area contributed by atoms with E-state index in [-0.39, 0.29) is 29.6 Å². The average Bonchev–Trinajstić information content (AvgIpc) is 2.63. The normalized spacial score (nSPS) is 20.2. The van der Waals surface area contributed by atoms with Crippen LogP contribution in [0, 0.1) is 0 Å². The molecule has 1 atom stereocenters. The van der Waals surface area contributed by atoms with Crippen LogP contribution in [-0.2, 0) is 14.8 Å². The molecule has 0 bridgehead atoms. The van der Waals surface area contributed by atoms with Gasteiger partial charge in [-0.2, -0.15) is 0 Å². The van der Waals surface area contributed by atoms with Crippen LogP contribution in [-0.4, -0.2) is 31.9 Å². The Balaban J connectivity index is 2.20. The van der Waals surface area contributed by atoms with E-state index in [1.54, 1.807) is 6.07 Å². The van der Waals surface area contributed by atoms with Crippen molar-refractivity contribution in [1.29, 1.82) is 0 Å². The van der Waals surface area contributed by atoms with Crippen LogP contribution in [0.5, 0.6) is 0 Å². The monoisotopic (exact) mass is 256 g/mol. The fourth-order valence-electron chi connectivity index (χ4n) is 1.59. The summed E-state index contributed by atoms with van der Waals surface area (Å²) in [7, 11) is -3.78. The maximum Gasteiger partial charge on any atom is 0.260 e.